The van der Waals surface area contributed by atoms with Crippen LogP contribution >= 0.6 is 0 Å². The van der Waals surface area contributed by atoms with Crippen LogP contribution in [0.3, 0.4) is 0 Å². The minimum Gasteiger partial charge on any atom is -0.381 e. The summed E-state index contributed by atoms with van der Waals surface area (Å²) in [6, 6.07) is 47.3. The summed E-state index contributed by atoms with van der Waals surface area (Å²) in [6.07, 6.45) is 4.20. The summed E-state index contributed by atoms with van der Waals surface area (Å²) in [5.74, 6) is 0. The molecule has 1 atom stereocenters. The Morgan fingerprint density at radius 2 is 1.22 bits per heavy atom. The van der Waals surface area contributed by atoms with Gasteiger partial charge in [-0.3, -0.25) is 0 Å². The molecule has 9 rings (SSSR count). The van der Waals surface area contributed by atoms with Crippen LogP contribution in [0, 0.1) is 0 Å². The number of para-hydroxylation sites is 1. The fourth-order valence-electron chi connectivity index (χ4n) is 8.51. The molecule has 0 spiro atoms. The Morgan fingerprint density at radius 3 is 1.88 bits per heavy atom. The van der Waals surface area contributed by atoms with Crippen molar-refractivity contribution >= 4 is 22.6 Å². The summed E-state index contributed by atoms with van der Waals surface area (Å²) in [7, 11) is 0. The molecule has 6 aromatic carbocycles. The molecule has 0 radical (unpaired) electrons. The molecule has 2 aliphatic rings. The molecule has 7 aromatic rings. The van der Waals surface area contributed by atoms with Crippen LogP contribution in [0.15, 0.2) is 152 Å². The van der Waals surface area contributed by atoms with E-state index in [1.807, 2.05) is 74.5 Å². The maximum absolute atomic E-state index is 12.9. The molecule has 1 aromatic heterocycles. The summed E-state index contributed by atoms with van der Waals surface area (Å²) >= 11 is 0. The monoisotopic (exact) mass is 633 g/mol. The van der Waals surface area contributed by atoms with Gasteiger partial charge in [0, 0.05) is 33.3 Å². The maximum Gasteiger partial charge on any atom is 0.141 e. The predicted molar refractivity (Wildman–Crippen MR) is 201 cm³/mol. The van der Waals surface area contributed by atoms with E-state index in [2.05, 4.69) is 95.6 Å². The fourth-order valence-corrected chi connectivity index (χ4v) is 8.51. The lowest BCUT2D eigenvalue weighted by Crippen LogP contribution is -2.26. The maximum atomic E-state index is 12.9. The fraction of sp³-hybridized carbons (Fsp3) is 0.0870. The van der Waals surface area contributed by atoms with Crippen molar-refractivity contribution in [2.75, 3.05) is 0 Å². The standard InChI is InChI=1S/C46H35NO2/c1-4-15-42-43(29(2)32-21-14-22-36-35-20-8-11-23-38(35)45(3,48)44(32)36)37-28-30(26-27-41(37)47(42)31-16-6-5-7-17-31)46(49)39-24-12-9-18-33(39)34-19-10-13-25-40(34)46/h4-28,48-49H,2H2,1,3H3/b15-4-. The van der Waals surface area contributed by atoms with Gasteiger partial charge in [0.25, 0.3) is 0 Å². The third-order valence-electron chi connectivity index (χ3n) is 10.6. The van der Waals surface area contributed by atoms with E-state index < -0.39 is 11.2 Å². The topological polar surface area (TPSA) is 45.4 Å². The van der Waals surface area contributed by atoms with Crippen LogP contribution in [0.25, 0.3) is 50.5 Å². The second kappa shape index (κ2) is 10.6. The first-order valence-electron chi connectivity index (χ1n) is 16.8. The molecule has 0 aliphatic heterocycles. The van der Waals surface area contributed by atoms with Gasteiger partial charge in [0.05, 0.1) is 11.2 Å². The lowest BCUT2D eigenvalue weighted by Gasteiger charge is -2.27. The first-order valence-corrected chi connectivity index (χ1v) is 16.8. The van der Waals surface area contributed by atoms with Gasteiger partial charge in [-0.1, -0.05) is 128 Å². The van der Waals surface area contributed by atoms with Gasteiger partial charge in [0.1, 0.15) is 11.2 Å². The summed E-state index contributed by atoms with van der Waals surface area (Å²) in [5.41, 5.74) is 11.6. The number of aromatic nitrogens is 1. The van der Waals surface area contributed by atoms with Gasteiger partial charge in [-0.25, -0.2) is 0 Å². The number of nitrogens with zero attached hydrogens (tertiary/aromatic N) is 1. The average Bonchev–Trinajstić information content (AvgIpc) is 3.70. The van der Waals surface area contributed by atoms with Crippen molar-refractivity contribution in [3.8, 4) is 27.9 Å². The largest absolute Gasteiger partial charge is 0.381 e. The number of hydrogen-bond acceptors (Lipinski definition) is 2. The lowest BCUT2D eigenvalue weighted by atomic mass is 9.82. The van der Waals surface area contributed by atoms with E-state index >= 15 is 0 Å². The zero-order valence-corrected chi connectivity index (χ0v) is 27.5. The lowest BCUT2D eigenvalue weighted by molar-refractivity contribution is 0.107. The van der Waals surface area contributed by atoms with Crippen molar-refractivity contribution in [1.29, 1.82) is 0 Å². The van der Waals surface area contributed by atoms with Crippen LogP contribution in [-0.2, 0) is 11.2 Å². The van der Waals surface area contributed by atoms with E-state index in [1.54, 1.807) is 0 Å². The predicted octanol–water partition coefficient (Wildman–Crippen LogP) is 10.2. The van der Waals surface area contributed by atoms with Crippen LogP contribution in [-0.4, -0.2) is 14.8 Å². The van der Waals surface area contributed by atoms with Gasteiger partial charge in [0.2, 0.25) is 0 Å². The SMILES string of the molecule is C=C(c1cccc2c1C(C)(O)c1ccccc1-2)c1c(/C=C\C)n(-c2ccccc2)c2ccc(C3(O)c4ccccc4-c4ccccc43)cc12. The van der Waals surface area contributed by atoms with Crippen molar-refractivity contribution in [3.05, 3.63) is 197 Å². The number of hydrogen-bond donors (Lipinski definition) is 2. The minimum atomic E-state index is -1.34. The molecule has 49 heavy (non-hydrogen) atoms. The molecule has 1 unspecified atom stereocenters. The van der Waals surface area contributed by atoms with Crippen molar-refractivity contribution in [2.24, 2.45) is 0 Å². The highest BCUT2D eigenvalue weighted by molar-refractivity contribution is 6.04. The Bertz CT molecular complexity index is 2470. The van der Waals surface area contributed by atoms with E-state index in [9.17, 15) is 10.2 Å². The Hall–Kier alpha value is -5.74. The zero-order valence-electron chi connectivity index (χ0n) is 27.5. The minimum absolute atomic E-state index is 0.793. The van der Waals surface area contributed by atoms with Crippen LogP contribution < -0.4 is 0 Å². The molecule has 2 aliphatic carbocycles. The van der Waals surface area contributed by atoms with Gasteiger partial charge in [-0.15, -0.1) is 0 Å². The number of benzene rings is 6. The van der Waals surface area contributed by atoms with Crippen LogP contribution in [0.4, 0.5) is 0 Å². The van der Waals surface area contributed by atoms with E-state index in [4.69, 9.17) is 6.58 Å². The molecule has 0 saturated heterocycles. The molecule has 0 saturated carbocycles. The van der Waals surface area contributed by atoms with Crippen molar-refractivity contribution in [1.82, 2.24) is 4.57 Å². The van der Waals surface area contributed by atoms with Crippen molar-refractivity contribution in [2.45, 2.75) is 25.0 Å². The van der Waals surface area contributed by atoms with E-state index in [-0.39, 0.29) is 0 Å². The highest BCUT2D eigenvalue weighted by atomic mass is 16.3. The smallest absolute Gasteiger partial charge is 0.141 e. The Morgan fingerprint density at radius 1 is 0.653 bits per heavy atom. The molecular weight excluding hydrogens is 599 g/mol. The number of rotatable bonds is 5. The van der Waals surface area contributed by atoms with Crippen LogP contribution in [0.2, 0.25) is 0 Å². The van der Waals surface area contributed by atoms with E-state index in [0.29, 0.717) is 0 Å². The number of fused-ring (bicyclic) bond motifs is 7. The normalized spacial score (nSPS) is 16.8. The summed E-state index contributed by atoms with van der Waals surface area (Å²) in [6.45, 7) is 8.71. The van der Waals surface area contributed by atoms with Crippen molar-refractivity contribution < 1.29 is 10.2 Å². The zero-order chi connectivity index (χ0) is 33.5. The summed E-state index contributed by atoms with van der Waals surface area (Å²) in [4.78, 5) is 0. The Kier molecular flexibility index (Phi) is 6.38. The first kappa shape index (κ1) is 29.4. The second-order valence-electron chi connectivity index (χ2n) is 13.3. The quantitative estimate of drug-likeness (QED) is 0.198. The molecule has 236 valence electrons. The second-order valence-corrected chi connectivity index (χ2v) is 13.3. The van der Waals surface area contributed by atoms with Gasteiger partial charge in [0.15, 0.2) is 0 Å². The molecule has 0 fully saturated rings. The van der Waals surface area contributed by atoms with E-state index in [0.717, 1.165) is 89.1 Å². The van der Waals surface area contributed by atoms with Gasteiger partial charge < -0.3 is 14.8 Å². The highest BCUT2D eigenvalue weighted by Gasteiger charge is 2.44. The molecular formula is C46H35NO2. The van der Waals surface area contributed by atoms with Crippen LogP contribution in [0.5, 0.6) is 0 Å². The summed E-state index contributed by atoms with van der Waals surface area (Å²) < 4.78 is 2.27. The first-order chi connectivity index (χ1) is 23.9. The molecule has 1 heterocycles. The summed E-state index contributed by atoms with van der Waals surface area (Å²) in [5, 5.41) is 26.0. The molecule has 0 amide bonds. The Balaban J connectivity index is 1.35. The average molecular weight is 634 g/mol. The third-order valence-corrected chi connectivity index (χ3v) is 10.6. The molecule has 3 nitrogen and oxygen atoms in total. The van der Waals surface area contributed by atoms with Crippen LogP contribution in [0.1, 0.15) is 58.5 Å². The van der Waals surface area contributed by atoms with Gasteiger partial charge in [-0.05, 0) is 88.7 Å². The number of allylic oxidation sites excluding steroid dienone is 1. The van der Waals surface area contributed by atoms with Gasteiger partial charge in [-0.2, -0.15) is 0 Å². The van der Waals surface area contributed by atoms with Gasteiger partial charge >= 0.3 is 0 Å². The Labute approximate surface area is 286 Å². The third kappa shape index (κ3) is 3.98. The van der Waals surface area contributed by atoms with E-state index in [1.165, 1.54) is 0 Å². The molecule has 0 bridgehead atoms. The molecule has 2 N–H and O–H groups in total. The number of aliphatic hydroxyl groups is 2. The highest BCUT2D eigenvalue weighted by Crippen LogP contribution is 2.53. The molecule has 3 heteroatoms. The van der Waals surface area contributed by atoms with Crippen molar-refractivity contribution in [3.63, 3.8) is 0 Å².